The largest absolute Gasteiger partial charge is 0.450 e. The molecule has 0 saturated carbocycles. The smallest absolute Gasteiger partial charge is 0.290 e. The summed E-state index contributed by atoms with van der Waals surface area (Å²) in [5, 5.41) is 0.783. The van der Waals surface area contributed by atoms with Crippen molar-refractivity contribution in [2.75, 3.05) is 39.4 Å². The van der Waals surface area contributed by atoms with Crippen LogP contribution in [0.1, 0.15) is 33.3 Å². The molecule has 1 aromatic heterocycles. The Kier molecular flexibility index (Phi) is 5.49. The number of hydrogen-bond acceptors (Lipinski definition) is 5. The third-order valence-corrected chi connectivity index (χ3v) is 6.60. The number of rotatable bonds is 4. The second-order valence-electron chi connectivity index (χ2n) is 8.18. The maximum absolute atomic E-state index is 13.6. The lowest BCUT2D eigenvalue weighted by Gasteiger charge is -2.31. The van der Waals surface area contributed by atoms with Gasteiger partial charge in [-0.15, -0.1) is 0 Å². The van der Waals surface area contributed by atoms with Crippen LogP contribution in [0.2, 0.25) is 5.02 Å². The molecule has 166 valence electrons. The van der Waals surface area contributed by atoms with E-state index in [-0.39, 0.29) is 28.5 Å². The molecule has 1 fully saturated rings. The molecular weight excluding hydrogens is 435 g/mol. The molecule has 2 aromatic carbocycles. The van der Waals surface area contributed by atoms with Gasteiger partial charge in [0.05, 0.1) is 30.2 Å². The number of hydrogen-bond donors (Lipinski definition) is 0. The molecule has 1 atom stereocenters. The Labute approximate surface area is 189 Å². The number of carbonyl (C=O) groups is 1. The van der Waals surface area contributed by atoms with Crippen LogP contribution in [-0.2, 0) is 4.74 Å². The van der Waals surface area contributed by atoms with Crippen LogP contribution in [0.4, 0.5) is 4.39 Å². The number of carbonyl (C=O) groups excluding carboxylic acids is 1. The van der Waals surface area contributed by atoms with Crippen LogP contribution in [0.25, 0.3) is 11.0 Å². The molecule has 8 heteroatoms. The van der Waals surface area contributed by atoms with Gasteiger partial charge in [-0.1, -0.05) is 23.7 Å². The Morgan fingerprint density at radius 1 is 1.09 bits per heavy atom. The Bertz CT molecular complexity index is 1250. The Hall–Kier alpha value is -2.74. The van der Waals surface area contributed by atoms with E-state index in [0.29, 0.717) is 47.9 Å². The number of fused-ring (bicyclic) bond motifs is 2. The van der Waals surface area contributed by atoms with Crippen LogP contribution in [0.3, 0.4) is 0 Å². The van der Waals surface area contributed by atoms with Crippen molar-refractivity contribution in [3.05, 3.63) is 79.9 Å². The van der Waals surface area contributed by atoms with Gasteiger partial charge in [0, 0.05) is 31.2 Å². The average Bonchev–Trinajstić information content (AvgIpc) is 3.07. The predicted octanol–water partition coefficient (Wildman–Crippen LogP) is 3.77. The van der Waals surface area contributed by atoms with Crippen molar-refractivity contribution in [1.82, 2.24) is 9.80 Å². The fourth-order valence-corrected chi connectivity index (χ4v) is 4.60. The van der Waals surface area contributed by atoms with E-state index in [4.69, 9.17) is 20.8 Å². The summed E-state index contributed by atoms with van der Waals surface area (Å²) in [7, 11) is 0. The highest BCUT2D eigenvalue weighted by atomic mass is 35.5. The molecule has 1 saturated heterocycles. The second-order valence-corrected chi connectivity index (χ2v) is 8.59. The molecule has 0 spiro atoms. The third kappa shape index (κ3) is 3.60. The number of morpholine rings is 1. The first kappa shape index (κ1) is 21.1. The second kappa shape index (κ2) is 8.31. The summed E-state index contributed by atoms with van der Waals surface area (Å²) in [5.41, 5.74) is 1.73. The molecule has 1 unspecified atom stereocenters. The molecule has 2 aliphatic rings. The monoisotopic (exact) mass is 456 g/mol. The van der Waals surface area contributed by atoms with Gasteiger partial charge in [0.1, 0.15) is 11.4 Å². The van der Waals surface area contributed by atoms with Crippen LogP contribution in [0.15, 0.2) is 45.6 Å². The highest BCUT2D eigenvalue weighted by Gasteiger charge is 2.42. The minimum Gasteiger partial charge on any atom is -0.450 e. The molecule has 0 aliphatic carbocycles. The predicted molar refractivity (Wildman–Crippen MR) is 119 cm³/mol. The van der Waals surface area contributed by atoms with E-state index in [1.807, 2.05) is 6.92 Å². The van der Waals surface area contributed by atoms with Gasteiger partial charge in [0.15, 0.2) is 5.43 Å². The number of aryl methyl sites for hydroxylation is 1. The van der Waals surface area contributed by atoms with Crippen molar-refractivity contribution in [2.24, 2.45) is 0 Å². The molecule has 0 N–H and O–H groups in total. The summed E-state index contributed by atoms with van der Waals surface area (Å²) in [5.74, 6) is -0.680. The number of amides is 1. The first-order valence-corrected chi connectivity index (χ1v) is 10.9. The lowest BCUT2D eigenvalue weighted by molar-refractivity contribution is 0.0314. The summed E-state index contributed by atoms with van der Waals surface area (Å²) < 4.78 is 25.0. The Morgan fingerprint density at radius 2 is 1.81 bits per heavy atom. The quantitative estimate of drug-likeness (QED) is 0.598. The maximum Gasteiger partial charge on any atom is 0.290 e. The molecule has 3 heterocycles. The zero-order valence-electron chi connectivity index (χ0n) is 17.6. The van der Waals surface area contributed by atoms with E-state index in [2.05, 4.69) is 4.90 Å². The van der Waals surface area contributed by atoms with Gasteiger partial charge in [-0.25, -0.2) is 4.39 Å². The molecule has 0 bridgehead atoms. The first-order chi connectivity index (χ1) is 15.4. The molecule has 0 radical (unpaired) electrons. The zero-order chi connectivity index (χ0) is 22.4. The number of halogens is 2. The SMILES string of the molecule is Cc1cc2oc3c(c(=O)c2cc1Cl)C(c1ccc(F)cc1)N(CCN1CCOCC1)C3=O. The fourth-order valence-electron chi connectivity index (χ4n) is 4.44. The van der Waals surface area contributed by atoms with Crippen LogP contribution in [0, 0.1) is 12.7 Å². The van der Waals surface area contributed by atoms with E-state index >= 15 is 0 Å². The molecule has 6 nitrogen and oxygen atoms in total. The summed E-state index contributed by atoms with van der Waals surface area (Å²) in [6.07, 6.45) is 0. The van der Waals surface area contributed by atoms with Crippen LogP contribution >= 0.6 is 11.6 Å². The Balaban J connectivity index is 1.62. The summed E-state index contributed by atoms with van der Waals surface area (Å²) in [6.45, 7) is 5.74. The van der Waals surface area contributed by atoms with E-state index in [1.54, 1.807) is 29.2 Å². The minimum atomic E-state index is -0.653. The van der Waals surface area contributed by atoms with Crippen LogP contribution in [-0.4, -0.2) is 55.1 Å². The van der Waals surface area contributed by atoms with Gasteiger partial charge in [0.2, 0.25) is 5.76 Å². The van der Waals surface area contributed by atoms with Crippen LogP contribution < -0.4 is 5.43 Å². The zero-order valence-corrected chi connectivity index (χ0v) is 18.3. The lowest BCUT2D eigenvalue weighted by Crippen LogP contribution is -2.42. The lowest BCUT2D eigenvalue weighted by atomic mass is 9.98. The fraction of sp³-hybridized carbons (Fsp3) is 0.333. The molecule has 32 heavy (non-hydrogen) atoms. The molecule has 3 aromatic rings. The van der Waals surface area contributed by atoms with Gasteiger partial charge in [0.25, 0.3) is 5.91 Å². The van der Waals surface area contributed by atoms with Gasteiger partial charge >= 0.3 is 0 Å². The topological polar surface area (TPSA) is 63.0 Å². The van der Waals surface area contributed by atoms with E-state index in [1.165, 1.54) is 12.1 Å². The summed E-state index contributed by atoms with van der Waals surface area (Å²) in [6, 6.07) is 8.49. The highest BCUT2D eigenvalue weighted by molar-refractivity contribution is 6.32. The van der Waals surface area contributed by atoms with Gasteiger partial charge < -0.3 is 14.1 Å². The third-order valence-electron chi connectivity index (χ3n) is 6.19. The van der Waals surface area contributed by atoms with Crippen molar-refractivity contribution in [3.63, 3.8) is 0 Å². The molecule has 2 aliphatic heterocycles. The van der Waals surface area contributed by atoms with E-state index in [9.17, 15) is 14.0 Å². The highest BCUT2D eigenvalue weighted by Crippen LogP contribution is 2.38. The van der Waals surface area contributed by atoms with Crippen molar-refractivity contribution >= 4 is 28.5 Å². The number of nitrogens with zero attached hydrogens (tertiary/aromatic N) is 2. The van der Waals surface area contributed by atoms with Gasteiger partial charge in [-0.3, -0.25) is 14.5 Å². The molecule has 1 amide bonds. The van der Waals surface area contributed by atoms with Gasteiger partial charge in [-0.2, -0.15) is 0 Å². The molecular formula is C24H22ClFN2O4. The van der Waals surface area contributed by atoms with Crippen LogP contribution in [0.5, 0.6) is 0 Å². The number of benzene rings is 2. The maximum atomic E-state index is 13.6. The van der Waals surface area contributed by atoms with Crippen molar-refractivity contribution in [2.45, 2.75) is 13.0 Å². The normalized spacial score (nSPS) is 19.0. The van der Waals surface area contributed by atoms with Gasteiger partial charge in [-0.05, 0) is 42.3 Å². The standard InChI is InChI=1S/C24H22ClFN2O4/c1-14-12-19-17(13-18(14)25)22(29)20-21(15-2-4-16(26)5-3-15)28(24(30)23(20)32-19)7-6-27-8-10-31-11-9-27/h2-5,12-13,21H,6-11H2,1H3. The summed E-state index contributed by atoms with van der Waals surface area (Å²) in [4.78, 5) is 30.8. The number of ether oxygens (including phenoxy) is 1. The summed E-state index contributed by atoms with van der Waals surface area (Å²) >= 11 is 6.26. The van der Waals surface area contributed by atoms with E-state index in [0.717, 1.165) is 18.7 Å². The van der Waals surface area contributed by atoms with Crippen molar-refractivity contribution < 1.29 is 18.3 Å². The molecule has 5 rings (SSSR count). The van der Waals surface area contributed by atoms with Crippen molar-refractivity contribution in [1.29, 1.82) is 0 Å². The first-order valence-electron chi connectivity index (χ1n) is 10.6. The van der Waals surface area contributed by atoms with E-state index < -0.39 is 6.04 Å². The Morgan fingerprint density at radius 3 is 2.53 bits per heavy atom. The minimum absolute atomic E-state index is 0.0422. The average molecular weight is 457 g/mol. The van der Waals surface area contributed by atoms with Crippen molar-refractivity contribution in [3.8, 4) is 0 Å².